The van der Waals surface area contributed by atoms with Crippen LogP contribution in [0.3, 0.4) is 0 Å². The van der Waals surface area contributed by atoms with Gasteiger partial charge in [-0.2, -0.15) is 0 Å². The molecule has 0 atom stereocenters. The lowest BCUT2D eigenvalue weighted by Gasteiger charge is -2.13. The van der Waals surface area contributed by atoms with Crippen LogP contribution in [0.5, 0.6) is 11.5 Å². The summed E-state index contributed by atoms with van der Waals surface area (Å²) in [6.45, 7) is 4.71. The van der Waals surface area contributed by atoms with Gasteiger partial charge in [0.15, 0.2) is 0 Å². The minimum absolute atomic E-state index is 0.392. The molecule has 1 aromatic carbocycles. The number of likely N-dealkylation sites (N-methyl/N-ethyl adjacent to an activating group) is 1. The molecule has 0 amide bonds. The molecule has 0 spiro atoms. The number of methoxy groups -OCH3 is 1. The van der Waals surface area contributed by atoms with E-state index in [1.807, 2.05) is 27.0 Å². The van der Waals surface area contributed by atoms with Crippen molar-refractivity contribution in [2.24, 2.45) is 0 Å². The summed E-state index contributed by atoms with van der Waals surface area (Å²) in [6, 6.07) is 1.91. The Morgan fingerprint density at radius 1 is 1.33 bits per heavy atom. The third kappa shape index (κ3) is 2.42. The van der Waals surface area contributed by atoms with Gasteiger partial charge in [-0.15, -0.1) is 0 Å². The van der Waals surface area contributed by atoms with Gasteiger partial charge in [-0.3, -0.25) is 0 Å². The number of hydrogen-bond donors (Lipinski definition) is 2. The van der Waals surface area contributed by atoms with Crippen molar-refractivity contribution < 1.29 is 9.84 Å². The average Bonchev–Trinajstić information content (AvgIpc) is 2.25. The zero-order valence-electron chi connectivity index (χ0n) is 9.85. The normalized spacial score (nSPS) is 10.4. The lowest BCUT2D eigenvalue weighted by atomic mass is 10.0. The molecule has 0 heterocycles. The predicted octanol–water partition coefficient (Wildman–Crippen LogP) is 1.78. The van der Waals surface area contributed by atoms with Crippen molar-refractivity contribution in [3.05, 3.63) is 22.8 Å². The Labute approximate surface area is 91.1 Å². The van der Waals surface area contributed by atoms with E-state index in [0.29, 0.717) is 5.75 Å². The second-order valence-corrected chi connectivity index (χ2v) is 3.69. The summed E-state index contributed by atoms with van der Waals surface area (Å²) in [4.78, 5) is 0. The Balaban J connectivity index is 3.11. The monoisotopic (exact) mass is 209 g/mol. The van der Waals surface area contributed by atoms with Gasteiger partial charge in [-0.25, -0.2) is 0 Å². The summed E-state index contributed by atoms with van der Waals surface area (Å²) in [7, 11) is 3.55. The van der Waals surface area contributed by atoms with E-state index in [1.54, 1.807) is 7.11 Å². The lowest BCUT2D eigenvalue weighted by molar-refractivity contribution is 0.406. The standard InChI is InChI=1S/C12H19NO2/c1-8-9(2)12(14)10(5-6-13-3)7-11(8)15-4/h7,13-14H,5-6H2,1-4H3. The van der Waals surface area contributed by atoms with Crippen LogP contribution in [0.25, 0.3) is 0 Å². The highest BCUT2D eigenvalue weighted by Crippen LogP contribution is 2.32. The second-order valence-electron chi connectivity index (χ2n) is 3.69. The first-order valence-corrected chi connectivity index (χ1v) is 5.12. The SMILES string of the molecule is CNCCc1cc(OC)c(C)c(C)c1O. The molecule has 0 aliphatic heterocycles. The maximum atomic E-state index is 9.94. The molecule has 3 nitrogen and oxygen atoms in total. The number of phenols is 1. The third-order valence-electron chi connectivity index (χ3n) is 2.76. The topological polar surface area (TPSA) is 41.5 Å². The Hall–Kier alpha value is -1.22. The van der Waals surface area contributed by atoms with E-state index >= 15 is 0 Å². The van der Waals surface area contributed by atoms with Gasteiger partial charge in [0.1, 0.15) is 11.5 Å². The van der Waals surface area contributed by atoms with Crippen LogP contribution in [0.4, 0.5) is 0 Å². The molecule has 1 rings (SSSR count). The largest absolute Gasteiger partial charge is 0.507 e. The van der Waals surface area contributed by atoms with Crippen molar-refractivity contribution in [2.75, 3.05) is 20.7 Å². The average molecular weight is 209 g/mol. The minimum atomic E-state index is 0.392. The van der Waals surface area contributed by atoms with Crippen molar-refractivity contribution >= 4 is 0 Å². The Bertz CT molecular complexity index is 348. The summed E-state index contributed by atoms with van der Waals surface area (Å²) in [5.41, 5.74) is 2.84. The summed E-state index contributed by atoms with van der Waals surface area (Å²) >= 11 is 0. The molecule has 0 fully saturated rings. The highest BCUT2D eigenvalue weighted by molar-refractivity contribution is 5.51. The smallest absolute Gasteiger partial charge is 0.122 e. The molecule has 0 saturated heterocycles. The fraction of sp³-hybridized carbons (Fsp3) is 0.500. The first-order chi connectivity index (χ1) is 7.11. The number of phenolic OH excluding ortho intramolecular Hbond substituents is 1. The van der Waals surface area contributed by atoms with Crippen LogP contribution in [0.1, 0.15) is 16.7 Å². The molecule has 15 heavy (non-hydrogen) atoms. The Morgan fingerprint density at radius 3 is 2.53 bits per heavy atom. The molecule has 1 aromatic rings. The molecule has 0 radical (unpaired) electrons. The summed E-state index contributed by atoms with van der Waals surface area (Å²) in [5.74, 6) is 1.24. The molecular weight excluding hydrogens is 190 g/mol. The zero-order valence-corrected chi connectivity index (χ0v) is 9.85. The molecule has 0 unspecified atom stereocenters. The lowest BCUT2D eigenvalue weighted by Crippen LogP contribution is -2.11. The first kappa shape index (κ1) is 11.9. The molecule has 0 aromatic heterocycles. The van der Waals surface area contributed by atoms with E-state index in [1.165, 1.54) is 0 Å². The summed E-state index contributed by atoms with van der Waals surface area (Å²) in [5, 5.41) is 13.0. The van der Waals surface area contributed by atoms with Crippen LogP contribution in [-0.2, 0) is 6.42 Å². The second kappa shape index (κ2) is 5.03. The minimum Gasteiger partial charge on any atom is -0.507 e. The molecular formula is C12H19NO2. The quantitative estimate of drug-likeness (QED) is 0.794. The van der Waals surface area contributed by atoms with Crippen molar-refractivity contribution in [3.63, 3.8) is 0 Å². The van der Waals surface area contributed by atoms with E-state index in [2.05, 4.69) is 5.32 Å². The summed E-state index contributed by atoms with van der Waals surface area (Å²) in [6.07, 6.45) is 0.805. The molecule has 2 N–H and O–H groups in total. The molecule has 0 aliphatic rings. The van der Waals surface area contributed by atoms with Crippen LogP contribution < -0.4 is 10.1 Å². The molecule has 84 valence electrons. The number of nitrogens with one attached hydrogen (secondary N) is 1. The summed E-state index contributed by atoms with van der Waals surface area (Å²) < 4.78 is 5.27. The van der Waals surface area contributed by atoms with Crippen molar-refractivity contribution in [3.8, 4) is 11.5 Å². The molecule has 0 bridgehead atoms. The van der Waals surface area contributed by atoms with Gasteiger partial charge in [-0.05, 0) is 56.6 Å². The van der Waals surface area contributed by atoms with E-state index < -0.39 is 0 Å². The van der Waals surface area contributed by atoms with E-state index in [9.17, 15) is 5.11 Å². The maximum Gasteiger partial charge on any atom is 0.122 e. The van der Waals surface area contributed by atoms with Gasteiger partial charge >= 0.3 is 0 Å². The van der Waals surface area contributed by atoms with Crippen LogP contribution in [0.2, 0.25) is 0 Å². The van der Waals surface area contributed by atoms with Crippen molar-refractivity contribution in [1.29, 1.82) is 0 Å². The maximum absolute atomic E-state index is 9.94. The Morgan fingerprint density at radius 2 is 2.00 bits per heavy atom. The van der Waals surface area contributed by atoms with Crippen molar-refractivity contribution in [2.45, 2.75) is 20.3 Å². The zero-order chi connectivity index (χ0) is 11.4. The van der Waals surface area contributed by atoms with Gasteiger partial charge in [0.2, 0.25) is 0 Å². The highest BCUT2D eigenvalue weighted by Gasteiger charge is 2.11. The van der Waals surface area contributed by atoms with Gasteiger partial charge in [0.25, 0.3) is 0 Å². The van der Waals surface area contributed by atoms with Crippen LogP contribution in [0.15, 0.2) is 6.07 Å². The van der Waals surface area contributed by atoms with Crippen molar-refractivity contribution in [1.82, 2.24) is 5.32 Å². The van der Waals surface area contributed by atoms with E-state index in [4.69, 9.17) is 4.74 Å². The predicted molar refractivity (Wildman–Crippen MR) is 61.8 cm³/mol. The van der Waals surface area contributed by atoms with Gasteiger partial charge in [0, 0.05) is 0 Å². The highest BCUT2D eigenvalue weighted by atomic mass is 16.5. The number of rotatable bonds is 4. The third-order valence-corrected chi connectivity index (χ3v) is 2.76. The van der Waals surface area contributed by atoms with Crippen LogP contribution in [0, 0.1) is 13.8 Å². The Kier molecular flexibility index (Phi) is 3.97. The first-order valence-electron chi connectivity index (χ1n) is 5.12. The van der Waals surface area contributed by atoms with Gasteiger partial charge < -0.3 is 15.2 Å². The molecule has 0 aliphatic carbocycles. The fourth-order valence-corrected chi connectivity index (χ4v) is 1.60. The van der Waals surface area contributed by atoms with Crippen LogP contribution >= 0.6 is 0 Å². The van der Waals surface area contributed by atoms with E-state index in [-0.39, 0.29) is 0 Å². The number of ether oxygens (including phenoxy) is 1. The number of hydrogen-bond acceptors (Lipinski definition) is 3. The molecule has 3 heteroatoms. The fourth-order valence-electron chi connectivity index (χ4n) is 1.60. The van der Waals surface area contributed by atoms with Crippen LogP contribution in [-0.4, -0.2) is 25.8 Å². The number of aromatic hydroxyl groups is 1. The molecule has 0 saturated carbocycles. The van der Waals surface area contributed by atoms with Gasteiger partial charge in [0.05, 0.1) is 7.11 Å². The van der Waals surface area contributed by atoms with E-state index in [0.717, 1.165) is 35.4 Å². The number of benzene rings is 1. The van der Waals surface area contributed by atoms with Gasteiger partial charge in [-0.1, -0.05) is 0 Å².